The molecule has 0 spiro atoms. The van der Waals surface area contributed by atoms with Gasteiger partial charge >= 0.3 is 0 Å². The Balaban J connectivity index is 2.30. The smallest absolute Gasteiger partial charge is 0.243 e. The summed E-state index contributed by atoms with van der Waals surface area (Å²) in [6.45, 7) is 2.20. The molecule has 0 bridgehead atoms. The van der Waals surface area contributed by atoms with Crippen LogP contribution >= 0.6 is 0 Å². The molecule has 1 saturated heterocycles. The van der Waals surface area contributed by atoms with Crippen LogP contribution in [-0.2, 0) is 10.0 Å². The zero-order valence-corrected chi connectivity index (χ0v) is 12.6. The van der Waals surface area contributed by atoms with Crippen molar-refractivity contribution >= 4 is 10.0 Å². The quantitative estimate of drug-likeness (QED) is 0.522. The van der Waals surface area contributed by atoms with Gasteiger partial charge in [-0.15, -0.1) is 0 Å². The maximum Gasteiger partial charge on any atom is 0.243 e. The molecule has 0 aromatic heterocycles. The SMILES string of the molecule is Cc1ccc(S(=O)(=O)N2CCC[C@H](O)[C@H](N=[N+]=[N-])C2)cc1. The number of hydrogen-bond acceptors (Lipinski definition) is 4. The van der Waals surface area contributed by atoms with E-state index in [0.717, 1.165) is 5.56 Å². The van der Waals surface area contributed by atoms with Crippen molar-refractivity contribution in [1.29, 1.82) is 0 Å². The first kappa shape index (κ1) is 15.8. The highest BCUT2D eigenvalue weighted by molar-refractivity contribution is 7.89. The zero-order chi connectivity index (χ0) is 15.5. The third-order valence-electron chi connectivity index (χ3n) is 3.60. The van der Waals surface area contributed by atoms with Crippen molar-refractivity contribution in [2.24, 2.45) is 5.11 Å². The van der Waals surface area contributed by atoms with Crippen LogP contribution in [0.2, 0.25) is 0 Å². The predicted octanol–water partition coefficient (Wildman–Crippen LogP) is 1.82. The summed E-state index contributed by atoms with van der Waals surface area (Å²) in [5.74, 6) is 0. The molecule has 1 N–H and O–H groups in total. The van der Waals surface area contributed by atoms with Gasteiger partial charge in [0.15, 0.2) is 0 Å². The van der Waals surface area contributed by atoms with Crippen LogP contribution in [0.3, 0.4) is 0 Å². The van der Waals surface area contributed by atoms with Crippen molar-refractivity contribution < 1.29 is 13.5 Å². The summed E-state index contributed by atoms with van der Waals surface area (Å²) in [6, 6.07) is 5.86. The normalized spacial score (nSPS) is 24.1. The molecular weight excluding hydrogens is 292 g/mol. The van der Waals surface area contributed by atoms with Gasteiger partial charge in [0.2, 0.25) is 10.0 Å². The first-order chi connectivity index (χ1) is 9.95. The molecule has 1 aromatic carbocycles. The molecule has 2 atom stereocenters. The van der Waals surface area contributed by atoms with E-state index in [0.29, 0.717) is 19.4 Å². The fourth-order valence-electron chi connectivity index (χ4n) is 2.35. The fraction of sp³-hybridized carbons (Fsp3) is 0.538. The van der Waals surface area contributed by atoms with Crippen LogP contribution in [0.4, 0.5) is 0 Å². The second kappa shape index (κ2) is 6.44. The summed E-state index contributed by atoms with van der Waals surface area (Å²) in [5.41, 5.74) is 9.52. The summed E-state index contributed by atoms with van der Waals surface area (Å²) in [4.78, 5) is 2.91. The van der Waals surface area contributed by atoms with E-state index in [1.54, 1.807) is 24.3 Å². The number of sulfonamides is 1. The molecule has 0 radical (unpaired) electrons. The number of aliphatic hydroxyl groups is 1. The predicted molar refractivity (Wildman–Crippen MR) is 78.1 cm³/mol. The Bertz CT molecular complexity index is 638. The Kier molecular flexibility index (Phi) is 4.84. The van der Waals surface area contributed by atoms with Crippen molar-refractivity contribution in [3.63, 3.8) is 0 Å². The summed E-state index contributed by atoms with van der Waals surface area (Å²) >= 11 is 0. The van der Waals surface area contributed by atoms with Gasteiger partial charge < -0.3 is 5.11 Å². The van der Waals surface area contributed by atoms with E-state index in [1.165, 1.54) is 4.31 Å². The number of azide groups is 1. The molecule has 1 heterocycles. The van der Waals surface area contributed by atoms with Gasteiger partial charge in [0.1, 0.15) is 0 Å². The number of aliphatic hydroxyl groups excluding tert-OH is 1. The van der Waals surface area contributed by atoms with Crippen LogP contribution in [0.1, 0.15) is 18.4 Å². The van der Waals surface area contributed by atoms with Gasteiger partial charge in [-0.05, 0) is 37.4 Å². The van der Waals surface area contributed by atoms with Gasteiger partial charge in [0.05, 0.1) is 17.0 Å². The van der Waals surface area contributed by atoms with Crippen LogP contribution in [0, 0.1) is 6.92 Å². The van der Waals surface area contributed by atoms with Crippen molar-refractivity contribution in [2.75, 3.05) is 13.1 Å². The molecule has 1 aliphatic rings. The molecule has 0 aliphatic carbocycles. The summed E-state index contributed by atoms with van der Waals surface area (Å²) in [5, 5.41) is 13.4. The lowest BCUT2D eigenvalue weighted by Gasteiger charge is -2.23. The molecule has 114 valence electrons. The minimum atomic E-state index is -3.64. The zero-order valence-electron chi connectivity index (χ0n) is 11.8. The first-order valence-electron chi connectivity index (χ1n) is 6.74. The van der Waals surface area contributed by atoms with Gasteiger partial charge in [-0.1, -0.05) is 22.8 Å². The highest BCUT2D eigenvalue weighted by atomic mass is 32.2. The van der Waals surface area contributed by atoms with Gasteiger partial charge in [-0.25, -0.2) is 8.42 Å². The Labute approximate surface area is 123 Å². The molecule has 7 nitrogen and oxygen atoms in total. The molecule has 0 amide bonds. The van der Waals surface area contributed by atoms with Crippen molar-refractivity contribution in [3.8, 4) is 0 Å². The highest BCUT2D eigenvalue weighted by Gasteiger charge is 2.32. The number of rotatable bonds is 3. The van der Waals surface area contributed by atoms with E-state index in [9.17, 15) is 13.5 Å². The van der Waals surface area contributed by atoms with Crippen LogP contribution in [0.25, 0.3) is 10.4 Å². The van der Waals surface area contributed by atoms with Crippen LogP contribution < -0.4 is 0 Å². The average molecular weight is 310 g/mol. The average Bonchev–Trinajstić information content (AvgIpc) is 2.63. The lowest BCUT2D eigenvalue weighted by molar-refractivity contribution is 0.139. The van der Waals surface area contributed by atoms with Crippen LogP contribution in [0.5, 0.6) is 0 Å². The largest absolute Gasteiger partial charge is 0.393 e. The topological polar surface area (TPSA) is 106 Å². The van der Waals surface area contributed by atoms with E-state index in [4.69, 9.17) is 5.53 Å². The standard InChI is InChI=1S/C13H18N4O3S/c1-10-4-6-11(7-5-10)21(19,20)17-8-2-3-13(18)12(9-17)15-16-14/h4-7,12-13,18H,2-3,8-9H2,1H3/t12-,13+/m1/s1. The molecule has 0 saturated carbocycles. The van der Waals surface area contributed by atoms with Crippen molar-refractivity contribution in [2.45, 2.75) is 36.8 Å². The van der Waals surface area contributed by atoms with Gasteiger partial charge in [-0.3, -0.25) is 0 Å². The maximum atomic E-state index is 12.6. The second-order valence-corrected chi connectivity index (χ2v) is 7.10. The molecule has 1 aromatic rings. The molecule has 1 aliphatic heterocycles. The van der Waals surface area contributed by atoms with Crippen LogP contribution in [0.15, 0.2) is 34.3 Å². The van der Waals surface area contributed by atoms with E-state index in [1.807, 2.05) is 6.92 Å². The summed E-state index contributed by atoms with van der Waals surface area (Å²) in [7, 11) is -3.64. The van der Waals surface area contributed by atoms with Crippen molar-refractivity contribution in [3.05, 3.63) is 40.3 Å². The molecule has 2 rings (SSSR count). The molecule has 8 heteroatoms. The summed E-state index contributed by atoms with van der Waals surface area (Å²) in [6.07, 6.45) is 0.145. The van der Waals surface area contributed by atoms with E-state index < -0.39 is 22.2 Å². The third-order valence-corrected chi connectivity index (χ3v) is 5.48. The van der Waals surface area contributed by atoms with Gasteiger partial charge in [0.25, 0.3) is 0 Å². The second-order valence-electron chi connectivity index (χ2n) is 5.16. The molecular formula is C13H18N4O3S. The first-order valence-corrected chi connectivity index (χ1v) is 8.18. The van der Waals surface area contributed by atoms with Crippen LogP contribution in [-0.4, -0.2) is 43.1 Å². The molecule has 1 fully saturated rings. The van der Waals surface area contributed by atoms with Crippen molar-refractivity contribution in [1.82, 2.24) is 4.31 Å². The number of nitrogens with zero attached hydrogens (tertiary/aromatic N) is 4. The Hall–Kier alpha value is -1.60. The number of benzene rings is 1. The van der Waals surface area contributed by atoms with E-state index >= 15 is 0 Å². The lowest BCUT2D eigenvalue weighted by Crippen LogP contribution is -2.38. The highest BCUT2D eigenvalue weighted by Crippen LogP contribution is 2.22. The van der Waals surface area contributed by atoms with E-state index in [2.05, 4.69) is 10.0 Å². The Morgan fingerprint density at radius 2 is 2.05 bits per heavy atom. The van der Waals surface area contributed by atoms with Gasteiger partial charge in [-0.2, -0.15) is 4.31 Å². The Morgan fingerprint density at radius 1 is 1.38 bits per heavy atom. The molecule has 0 unspecified atom stereocenters. The number of hydrogen-bond donors (Lipinski definition) is 1. The minimum absolute atomic E-state index is 0.00143. The lowest BCUT2D eigenvalue weighted by atomic mass is 10.1. The molecule has 21 heavy (non-hydrogen) atoms. The Morgan fingerprint density at radius 3 is 2.67 bits per heavy atom. The number of aryl methyl sites for hydroxylation is 1. The van der Waals surface area contributed by atoms with E-state index in [-0.39, 0.29) is 11.4 Å². The fourth-order valence-corrected chi connectivity index (χ4v) is 3.84. The minimum Gasteiger partial charge on any atom is -0.393 e. The summed E-state index contributed by atoms with van der Waals surface area (Å²) < 4.78 is 26.5. The maximum absolute atomic E-state index is 12.6. The third kappa shape index (κ3) is 3.54. The van der Waals surface area contributed by atoms with Gasteiger partial charge in [0, 0.05) is 18.0 Å². The monoisotopic (exact) mass is 310 g/mol.